The molecule has 1 unspecified atom stereocenters. The summed E-state index contributed by atoms with van der Waals surface area (Å²) in [5.41, 5.74) is 2.65. The lowest BCUT2D eigenvalue weighted by Crippen LogP contribution is -2.28. The van der Waals surface area contributed by atoms with Crippen LogP contribution in [0.25, 0.3) is 16.5 Å². The summed E-state index contributed by atoms with van der Waals surface area (Å²) in [4.78, 5) is 28.8. The number of fused-ring (bicyclic) bond motifs is 1. The van der Waals surface area contributed by atoms with Crippen LogP contribution in [-0.2, 0) is 11.8 Å². The number of para-hydroxylation sites is 1. The van der Waals surface area contributed by atoms with E-state index in [9.17, 15) is 9.59 Å². The van der Waals surface area contributed by atoms with Crippen LogP contribution in [-0.4, -0.2) is 20.5 Å². The third kappa shape index (κ3) is 3.49. The maximum absolute atomic E-state index is 13.7. The summed E-state index contributed by atoms with van der Waals surface area (Å²) in [5, 5.41) is 4.07. The molecule has 0 fully saturated rings. The first-order chi connectivity index (χ1) is 14.6. The molecule has 30 heavy (non-hydrogen) atoms. The van der Waals surface area contributed by atoms with Gasteiger partial charge in [0, 0.05) is 24.0 Å². The quantitative estimate of drug-likeness (QED) is 0.426. The van der Waals surface area contributed by atoms with E-state index in [1.807, 2.05) is 73.1 Å². The number of aromatic nitrogens is 3. The van der Waals surface area contributed by atoms with Gasteiger partial charge in [-0.25, -0.2) is 4.98 Å². The summed E-state index contributed by atoms with van der Waals surface area (Å²) in [5.74, 6) is 6.22. The van der Waals surface area contributed by atoms with Crippen molar-refractivity contribution < 1.29 is 4.79 Å². The van der Waals surface area contributed by atoms with Crippen molar-refractivity contribution in [3.63, 3.8) is 0 Å². The van der Waals surface area contributed by atoms with Gasteiger partial charge >= 0.3 is 0 Å². The zero-order valence-electron chi connectivity index (χ0n) is 16.7. The van der Waals surface area contributed by atoms with Crippen LogP contribution in [0.5, 0.6) is 0 Å². The Morgan fingerprint density at radius 3 is 2.60 bits per heavy atom. The van der Waals surface area contributed by atoms with Crippen LogP contribution < -0.4 is 10.9 Å². The van der Waals surface area contributed by atoms with Crippen LogP contribution in [0, 0.1) is 11.8 Å². The Balaban J connectivity index is 2.00. The molecule has 4 aromatic rings. The van der Waals surface area contributed by atoms with Gasteiger partial charge in [0.1, 0.15) is 5.69 Å². The zero-order valence-corrected chi connectivity index (χ0v) is 16.7. The molecule has 6 heteroatoms. The highest BCUT2D eigenvalue weighted by Crippen LogP contribution is 2.22. The van der Waals surface area contributed by atoms with Crippen molar-refractivity contribution >= 4 is 17.2 Å². The molecule has 2 aromatic carbocycles. The molecule has 0 aliphatic heterocycles. The Labute approximate surface area is 173 Å². The van der Waals surface area contributed by atoms with Gasteiger partial charge < -0.3 is 9.88 Å². The van der Waals surface area contributed by atoms with E-state index in [-0.39, 0.29) is 11.6 Å². The SMILES string of the molecule is CC(NC=O)c1cc2cccc(C#Cc3cncn3C)c2c(=O)n1-c1ccccc1. The number of carbonyl (C=O) groups is 1. The summed E-state index contributed by atoms with van der Waals surface area (Å²) >= 11 is 0. The van der Waals surface area contributed by atoms with Gasteiger partial charge in [-0.1, -0.05) is 36.3 Å². The summed E-state index contributed by atoms with van der Waals surface area (Å²) in [6.45, 7) is 1.85. The molecule has 148 valence electrons. The van der Waals surface area contributed by atoms with Gasteiger partial charge in [0.25, 0.3) is 5.56 Å². The summed E-state index contributed by atoms with van der Waals surface area (Å²) < 4.78 is 3.46. The minimum atomic E-state index is -0.344. The van der Waals surface area contributed by atoms with Crippen molar-refractivity contribution in [3.8, 4) is 17.5 Å². The van der Waals surface area contributed by atoms with Crippen molar-refractivity contribution in [2.24, 2.45) is 7.05 Å². The van der Waals surface area contributed by atoms with E-state index in [1.165, 1.54) is 0 Å². The number of benzene rings is 2. The largest absolute Gasteiger partial charge is 0.351 e. The molecule has 0 saturated carbocycles. The Hall–Kier alpha value is -4.11. The van der Waals surface area contributed by atoms with Crippen LogP contribution in [0.1, 0.15) is 29.9 Å². The van der Waals surface area contributed by atoms with Gasteiger partial charge in [0.05, 0.1) is 24.0 Å². The molecule has 1 atom stereocenters. The number of nitrogens with one attached hydrogen (secondary N) is 1. The molecule has 2 aromatic heterocycles. The van der Waals surface area contributed by atoms with Crippen LogP contribution >= 0.6 is 0 Å². The first-order valence-corrected chi connectivity index (χ1v) is 9.52. The molecule has 1 N–H and O–H groups in total. The highest BCUT2D eigenvalue weighted by molar-refractivity contribution is 5.88. The van der Waals surface area contributed by atoms with Crippen LogP contribution in [0.3, 0.4) is 0 Å². The molecule has 0 spiro atoms. The van der Waals surface area contributed by atoms with Crippen LogP contribution in [0.4, 0.5) is 0 Å². The molecule has 0 saturated heterocycles. The van der Waals surface area contributed by atoms with Crippen molar-refractivity contribution in [3.05, 3.63) is 94.4 Å². The van der Waals surface area contributed by atoms with Crippen molar-refractivity contribution in [2.45, 2.75) is 13.0 Å². The first-order valence-electron chi connectivity index (χ1n) is 9.52. The molecular weight excluding hydrogens is 376 g/mol. The van der Waals surface area contributed by atoms with Gasteiger partial charge in [-0.05, 0) is 42.5 Å². The monoisotopic (exact) mass is 396 g/mol. The van der Waals surface area contributed by atoms with Gasteiger partial charge in [-0.15, -0.1) is 0 Å². The van der Waals surface area contributed by atoms with E-state index in [0.29, 0.717) is 23.1 Å². The fraction of sp³-hybridized carbons (Fsp3) is 0.125. The number of aryl methyl sites for hydroxylation is 1. The third-order valence-electron chi connectivity index (χ3n) is 4.99. The fourth-order valence-corrected chi connectivity index (χ4v) is 3.44. The predicted octanol–water partition coefficient (Wildman–Crippen LogP) is 2.93. The second kappa shape index (κ2) is 8.10. The number of nitrogens with zero attached hydrogens (tertiary/aromatic N) is 3. The second-order valence-electron chi connectivity index (χ2n) is 6.96. The average Bonchev–Trinajstić information content (AvgIpc) is 3.17. The molecule has 6 nitrogen and oxygen atoms in total. The second-order valence-corrected chi connectivity index (χ2v) is 6.96. The molecule has 0 bridgehead atoms. The van der Waals surface area contributed by atoms with Gasteiger partial charge in [-0.3, -0.25) is 14.2 Å². The van der Waals surface area contributed by atoms with Crippen LogP contribution in [0.2, 0.25) is 0 Å². The van der Waals surface area contributed by atoms with E-state index in [0.717, 1.165) is 16.8 Å². The number of rotatable bonds is 4. The lowest BCUT2D eigenvalue weighted by Gasteiger charge is -2.19. The van der Waals surface area contributed by atoms with Crippen molar-refractivity contribution in [2.75, 3.05) is 0 Å². The number of carbonyl (C=O) groups excluding carboxylic acids is 1. The van der Waals surface area contributed by atoms with E-state index in [2.05, 4.69) is 22.1 Å². The number of imidazole rings is 1. The average molecular weight is 396 g/mol. The molecule has 0 aliphatic rings. The summed E-state index contributed by atoms with van der Waals surface area (Å²) in [7, 11) is 1.87. The summed E-state index contributed by atoms with van der Waals surface area (Å²) in [6.07, 6.45) is 4.01. The minimum absolute atomic E-state index is 0.178. The van der Waals surface area contributed by atoms with Gasteiger partial charge in [-0.2, -0.15) is 0 Å². The maximum atomic E-state index is 13.7. The van der Waals surface area contributed by atoms with E-state index in [4.69, 9.17) is 0 Å². The number of pyridine rings is 1. The van der Waals surface area contributed by atoms with E-state index >= 15 is 0 Å². The molecule has 2 heterocycles. The molecule has 4 rings (SSSR count). The molecule has 0 aliphatic carbocycles. The van der Waals surface area contributed by atoms with Crippen molar-refractivity contribution in [1.29, 1.82) is 0 Å². The van der Waals surface area contributed by atoms with E-state index < -0.39 is 0 Å². The first kappa shape index (κ1) is 19.2. The number of hydrogen-bond donors (Lipinski definition) is 1. The molecule has 0 radical (unpaired) electrons. The smallest absolute Gasteiger partial charge is 0.264 e. The fourth-order valence-electron chi connectivity index (χ4n) is 3.44. The predicted molar refractivity (Wildman–Crippen MR) is 116 cm³/mol. The van der Waals surface area contributed by atoms with Gasteiger partial charge in [0.15, 0.2) is 0 Å². The Morgan fingerprint density at radius 2 is 1.90 bits per heavy atom. The molecule has 1 amide bonds. The van der Waals surface area contributed by atoms with Crippen LogP contribution in [0.15, 0.2) is 71.9 Å². The lowest BCUT2D eigenvalue weighted by atomic mass is 10.0. The standard InChI is InChI=1S/C24H20N4O2/c1-17(26-16-29)22-13-19-8-6-7-18(11-12-21-14-25-15-27(21)2)23(19)24(30)28(22)20-9-4-3-5-10-20/h3-10,13-17H,1-2H3,(H,26,29). The minimum Gasteiger partial charge on any atom is -0.351 e. The summed E-state index contributed by atoms with van der Waals surface area (Å²) in [6, 6.07) is 16.6. The Morgan fingerprint density at radius 1 is 1.10 bits per heavy atom. The maximum Gasteiger partial charge on any atom is 0.264 e. The third-order valence-corrected chi connectivity index (χ3v) is 4.99. The zero-order chi connectivity index (χ0) is 21.1. The molecular formula is C24H20N4O2. The Bertz CT molecular complexity index is 1340. The van der Waals surface area contributed by atoms with Crippen molar-refractivity contribution in [1.82, 2.24) is 19.4 Å². The van der Waals surface area contributed by atoms with Gasteiger partial charge in [0.2, 0.25) is 6.41 Å². The normalized spacial score (nSPS) is 11.5. The number of amides is 1. The highest BCUT2D eigenvalue weighted by Gasteiger charge is 2.17. The van der Waals surface area contributed by atoms with E-state index in [1.54, 1.807) is 17.1 Å². The highest BCUT2D eigenvalue weighted by atomic mass is 16.1. The topological polar surface area (TPSA) is 68.9 Å². The lowest BCUT2D eigenvalue weighted by molar-refractivity contribution is -0.110. The Kier molecular flexibility index (Phi) is 5.19. The number of hydrogen-bond acceptors (Lipinski definition) is 3.